The second-order valence-corrected chi connectivity index (χ2v) is 7.79. The Bertz CT molecular complexity index is 474. The molecular formula is C10H18N4O2S2. The summed E-state index contributed by atoms with van der Waals surface area (Å²) in [6.07, 6.45) is 4.60. The van der Waals surface area contributed by atoms with Crippen molar-refractivity contribution in [2.75, 3.05) is 6.26 Å². The predicted molar refractivity (Wildman–Crippen MR) is 70.6 cm³/mol. The summed E-state index contributed by atoms with van der Waals surface area (Å²) in [5.74, 6) is 5.79. The zero-order valence-electron chi connectivity index (χ0n) is 10.2. The second kappa shape index (κ2) is 5.60. The fourth-order valence-electron chi connectivity index (χ4n) is 2.64. The van der Waals surface area contributed by atoms with Crippen LogP contribution in [0.15, 0.2) is 5.38 Å². The molecule has 3 unspecified atom stereocenters. The highest BCUT2D eigenvalue weighted by Crippen LogP contribution is 2.36. The van der Waals surface area contributed by atoms with Gasteiger partial charge in [0.05, 0.1) is 17.0 Å². The predicted octanol–water partition coefficient (Wildman–Crippen LogP) is 0.646. The highest BCUT2D eigenvalue weighted by molar-refractivity contribution is 7.91. The summed E-state index contributed by atoms with van der Waals surface area (Å²) in [7, 11) is -2.97. The molecule has 3 atom stereocenters. The van der Waals surface area contributed by atoms with Gasteiger partial charge in [-0.05, 0) is 36.7 Å². The number of nitrogens with one attached hydrogen (secondary N) is 1. The molecule has 3 N–H and O–H groups in total. The molecule has 1 aromatic heterocycles. The van der Waals surface area contributed by atoms with Gasteiger partial charge in [0.15, 0.2) is 0 Å². The standard InChI is InChI=1S/C10H18N4O2S2/c1-18(15,16)8-4-2-3-7(5-8)10(12-11)9-6-17-14-13-9/h6-8,10,12H,2-5,11H2,1H3. The van der Waals surface area contributed by atoms with E-state index in [2.05, 4.69) is 15.0 Å². The average molecular weight is 290 g/mol. The minimum atomic E-state index is -2.97. The van der Waals surface area contributed by atoms with Gasteiger partial charge in [-0.3, -0.25) is 11.3 Å². The number of nitrogens with zero attached hydrogens (tertiary/aromatic N) is 2. The second-order valence-electron chi connectivity index (χ2n) is 4.85. The maximum Gasteiger partial charge on any atom is 0.150 e. The quantitative estimate of drug-likeness (QED) is 0.624. The lowest BCUT2D eigenvalue weighted by atomic mass is 9.83. The van der Waals surface area contributed by atoms with Crippen molar-refractivity contribution in [2.24, 2.45) is 11.8 Å². The van der Waals surface area contributed by atoms with Crippen LogP contribution in [0.1, 0.15) is 37.4 Å². The van der Waals surface area contributed by atoms with Crippen molar-refractivity contribution in [2.45, 2.75) is 37.0 Å². The normalized spacial score (nSPS) is 27.0. The summed E-state index contributed by atoms with van der Waals surface area (Å²) >= 11 is 1.28. The molecule has 8 heteroatoms. The number of hydrazine groups is 1. The molecule has 0 saturated heterocycles. The van der Waals surface area contributed by atoms with Crippen LogP contribution in [0.25, 0.3) is 0 Å². The first-order valence-corrected chi connectivity index (χ1v) is 8.73. The van der Waals surface area contributed by atoms with Crippen molar-refractivity contribution >= 4 is 21.4 Å². The van der Waals surface area contributed by atoms with Crippen LogP contribution in [-0.2, 0) is 9.84 Å². The third-order valence-electron chi connectivity index (χ3n) is 3.62. The molecule has 0 bridgehead atoms. The number of rotatable bonds is 4. The Morgan fingerprint density at radius 1 is 1.56 bits per heavy atom. The molecule has 1 aliphatic rings. The number of nitrogens with two attached hydrogens (primary N) is 1. The molecule has 1 heterocycles. The average Bonchev–Trinajstić information content (AvgIpc) is 2.83. The van der Waals surface area contributed by atoms with Crippen molar-refractivity contribution in [1.29, 1.82) is 0 Å². The molecular weight excluding hydrogens is 272 g/mol. The fraction of sp³-hybridized carbons (Fsp3) is 0.800. The van der Waals surface area contributed by atoms with Crippen molar-refractivity contribution < 1.29 is 8.42 Å². The smallest absolute Gasteiger partial charge is 0.150 e. The molecule has 0 aromatic carbocycles. The Morgan fingerprint density at radius 2 is 2.33 bits per heavy atom. The van der Waals surface area contributed by atoms with Crippen molar-refractivity contribution in [3.8, 4) is 0 Å². The molecule has 1 saturated carbocycles. The molecule has 1 fully saturated rings. The molecule has 0 amide bonds. The maximum absolute atomic E-state index is 11.7. The van der Waals surface area contributed by atoms with E-state index in [0.29, 0.717) is 6.42 Å². The van der Waals surface area contributed by atoms with Crippen LogP contribution in [0.4, 0.5) is 0 Å². The first-order valence-electron chi connectivity index (χ1n) is 5.94. The van der Waals surface area contributed by atoms with E-state index < -0.39 is 9.84 Å². The minimum absolute atomic E-state index is 0.103. The van der Waals surface area contributed by atoms with Gasteiger partial charge in [0, 0.05) is 11.6 Å². The lowest BCUT2D eigenvalue weighted by molar-refractivity contribution is 0.270. The van der Waals surface area contributed by atoms with Crippen LogP contribution in [0.2, 0.25) is 0 Å². The first kappa shape index (κ1) is 13.9. The molecule has 18 heavy (non-hydrogen) atoms. The van der Waals surface area contributed by atoms with E-state index in [0.717, 1.165) is 25.0 Å². The maximum atomic E-state index is 11.7. The van der Waals surface area contributed by atoms with E-state index in [-0.39, 0.29) is 17.2 Å². The monoisotopic (exact) mass is 290 g/mol. The lowest BCUT2D eigenvalue weighted by Crippen LogP contribution is -2.38. The summed E-state index contributed by atoms with van der Waals surface area (Å²) in [5.41, 5.74) is 3.56. The number of sulfone groups is 1. The SMILES string of the molecule is CS(=O)(=O)C1CCCC(C(NN)c2csnn2)C1. The molecule has 1 aromatic rings. The highest BCUT2D eigenvalue weighted by atomic mass is 32.2. The summed E-state index contributed by atoms with van der Waals surface area (Å²) in [6, 6.07) is -0.103. The summed E-state index contributed by atoms with van der Waals surface area (Å²) in [4.78, 5) is 0. The van der Waals surface area contributed by atoms with Gasteiger partial charge >= 0.3 is 0 Å². The third kappa shape index (κ3) is 3.05. The Balaban J connectivity index is 2.12. The zero-order valence-corrected chi connectivity index (χ0v) is 11.9. The van der Waals surface area contributed by atoms with Gasteiger partial charge in [0.2, 0.25) is 0 Å². The van der Waals surface area contributed by atoms with E-state index in [1.165, 1.54) is 17.8 Å². The lowest BCUT2D eigenvalue weighted by Gasteiger charge is -2.32. The summed E-state index contributed by atoms with van der Waals surface area (Å²) in [5, 5.41) is 5.63. The highest BCUT2D eigenvalue weighted by Gasteiger charge is 2.34. The Kier molecular flexibility index (Phi) is 4.31. The molecule has 102 valence electrons. The first-order chi connectivity index (χ1) is 8.52. The van der Waals surface area contributed by atoms with Crippen LogP contribution in [-0.4, -0.2) is 29.5 Å². The summed E-state index contributed by atoms with van der Waals surface area (Å²) < 4.78 is 27.1. The van der Waals surface area contributed by atoms with Gasteiger partial charge in [0.25, 0.3) is 0 Å². The topological polar surface area (TPSA) is 98.0 Å². The van der Waals surface area contributed by atoms with E-state index in [1.807, 2.05) is 5.38 Å². The molecule has 0 spiro atoms. The molecule has 2 rings (SSSR count). The van der Waals surface area contributed by atoms with Gasteiger partial charge in [-0.25, -0.2) is 8.42 Å². The van der Waals surface area contributed by atoms with Crippen LogP contribution < -0.4 is 11.3 Å². The molecule has 6 nitrogen and oxygen atoms in total. The number of hydrogen-bond donors (Lipinski definition) is 2. The van der Waals surface area contributed by atoms with Crippen LogP contribution >= 0.6 is 11.5 Å². The molecule has 1 aliphatic carbocycles. The van der Waals surface area contributed by atoms with E-state index in [4.69, 9.17) is 5.84 Å². The fourth-order valence-corrected chi connectivity index (χ4v) is 4.32. The van der Waals surface area contributed by atoms with Gasteiger partial charge in [-0.2, -0.15) is 0 Å². The number of aromatic nitrogens is 2. The van der Waals surface area contributed by atoms with Gasteiger partial charge < -0.3 is 0 Å². The van der Waals surface area contributed by atoms with E-state index in [9.17, 15) is 8.42 Å². The van der Waals surface area contributed by atoms with Crippen LogP contribution in [0, 0.1) is 5.92 Å². The van der Waals surface area contributed by atoms with E-state index >= 15 is 0 Å². The van der Waals surface area contributed by atoms with Crippen molar-refractivity contribution in [1.82, 2.24) is 15.0 Å². The van der Waals surface area contributed by atoms with Gasteiger partial charge in [0.1, 0.15) is 9.84 Å². The van der Waals surface area contributed by atoms with Crippen molar-refractivity contribution in [3.63, 3.8) is 0 Å². The third-order valence-corrected chi connectivity index (χ3v) is 5.78. The molecule has 0 radical (unpaired) electrons. The zero-order chi connectivity index (χ0) is 13.2. The summed E-state index contributed by atoms with van der Waals surface area (Å²) in [6.45, 7) is 0. The number of hydrogen-bond acceptors (Lipinski definition) is 7. The Hall–Kier alpha value is -0.570. The minimum Gasteiger partial charge on any atom is -0.271 e. The molecule has 0 aliphatic heterocycles. The van der Waals surface area contributed by atoms with Crippen LogP contribution in [0.3, 0.4) is 0 Å². The van der Waals surface area contributed by atoms with E-state index in [1.54, 1.807) is 0 Å². The largest absolute Gasteiger partial charge is 0.271 e. The van der Waals surface area contributed by atoms with Gasteiger partial charge in [-0.1, -0.05) is 10.9 Å². The van der Waals surface area contributed by atoms with Gasteiger partial charge in [-0.15, -0.1) is 5.10 Å². The Morgan fingerprint density at radius 3 is 2.89 bits per heavy atom. The Labute approximate surface area is 111 Å². The van der Waals surface area contributed by atoms with Crippen LogP contribution in [0.5, 0.6) is 0 Å². The van der Waals surface area contributed by atoms with Crippen molar-refractivity contribution in [3.05, 3.63) is 11.1 Å².